The summed E-state index contributed by atoms with van der Waals surface area (Å²) >= 11 is 0. The molecule has 3 N–H and O–H groups in total. The first-order valence-electron chi connectivity index (χ1n) is 4.23. The Balaban J connectivity index is 2.61. The van der Waals surface area contributed by atoms with Gasteiger partial charge in [-0.1, -0.05) is 0 Å². The molecule has 0 aliphatic carbocycles. The van der Waals surface area contributed by atoms with Gasteiger partial charge >= 0.3 is 0 Å². The fourth-order valence-electron chi connectivity index (χ4n) is 1.85. The molecule has 1 aliphatic rings. The maximum absolute atomic E-state index is 5.71. The van der Waals surface area contributed by atoms with Crippen LogP contribution < -0.4 is 11.1 Å². The van der Waals surface area contributed by atoms with E-state index in [4.69, 9.17) is 5.73 Å². The Bertz CT molecular complexity index is 119. The van der Waals surface area contributed by atoms with Crippen LogP contribution in [-0.2, 0) is 0 Å². The van der Waals surface area contributed by atoms with Crippen LogP contribution in [0.1, 0.15) is 13.3 Å². The first-order valence-corrected chi connectivity index (χ1v) is 4.23. The number of nitrogens with zero attached hydrogens (tertiary/aromatic N) is 1. The number of likely N-dealkylation sites (tertiary alicyclic amines) is 1. The fourth-order valence-corrected chi connectivity index (χ4v) is 1.85. The molecular weight excluding hydrogens is 138 g/mol. The van der Waals surface area contributed by atoms with Gasteiger partial charge in [-0.25, -0.2) is 0 Å². The van der Waals surface area contributed by atoms with Gasteiger partial charge in [-0.3, -0.25) is 0 Å². The summed E-state index contributed by atoms with van der Waals surface area (Å²) in [5.41, 5.74) is 5.89. The Morgan fingerprint density at radius 1 is 1.73 bits per heavy atom. The van der Waals surface area contributed by atoms with E-state index in [2.05, 4.69) is 24.2 Å². The van der Waals surface area contributed by atoms with Crippen molar-refractivity contribution in [2.75, 3.05) is 27.2 Å². The highest BCUT2D eigenvalue weighted by molar-refractivity contribution is 4.99. The largest absolute Gasteiger partial charge is 0.329 e. The summed E-state index contributed by atoms with van der Waals surface area (Å²) in [5.74, 6) is 0. The van der Waals surface area contributed by atoms with Crippen LogP contribution in [0.25, 0.3) is 0 Å². The molecule has 0 radical (unpaired) electrons. The Kier molecular flexibility index (Phi) is 2.52. The smallest absolute Gasteiger partial charge is 0.0445 e. The summed E-state index contributed by atoms with van der Waals surface area (Å²) in [5, 5.41) is 3.32. The predicted octanol–water partition coefficient (Wildman–Crippen LogP) is -0.373. The minimum Gasteiger partial charge on any atom is -0.329 e. The molecule has 2 atom stereocenters. The van der Waals surface area contributed by atoms with Crippen LogP contribution in [0, 0.1) is 0 Å². The van der Waals surface area contributed by atoms with E-state index in [-0.39, 0.29) is 5.54 Å². The van der Waals surface area contributed by atoms with Crippen LogP contribution in [0.5, 0.6) is 0 Å². The van der Waals surface area contributed by atoms with E-state index < -0.39 is 0 Å². The maximum Gasteiger partial charge on any atom is 0.0445 e. The zero-order chi connectivity index (χ0) is 8.48. The molecule has 0 aromatic rings. The van der Waals surface area contributed by atoms with E-state index in [0.717, 1.165) is 19.5 Å². The minimum atomic E-state index is 0.175. The van der Waals surface area contributed by atoms with Gasteiger partial charge in [-0.2, -0.15) is 0 Å². The first-order chi connectivity index (χ1) is 5.13. The van der Waals surface area contributed by atoms with Crippen molar-refractivity contribution in [1.29, 1.82) is 0 Å². The summed E-state index contributed by atoms with van der Waals surface area (Å²) in [6, 6.07) is 0.658. The third-order valence-corrected chi connectivity index (χ3v) is 2.91. The summed E-state index contributed by atoms with van der Waals surface area (Å²) in [7, 11) is 4.15. The third-order valence-electron chi connectivity index (χ3n) is 2.91. The number of rotatable bonds is 2. The van der Waals surface area contributed by atoms with Crippen molar-refractivity contribution in [3.8, 4) is 0 Å². The van der Waals surface area contributed by atoms with Crippen molar-refractivity contribution in [3.63, 3.8) is 0 Å². The minimum absolute atomic E-state index is 0.175. The zero-order valence-corrected chi connectivity index (χ0v) is 7.72. The quantitative estimate of drug-likeness (QED) is 0.574. The Morgan fingerprint density at radius 3 is 2.55 bits per heavy atom. The molecule has 2 unspecified atom stereocenters. The van der Waals surface area contributed by atoms with Crippen molar-refractivity contribution in [1.82, 2.24) is 10.2 Å². The highest BCUT2D eigenvalue weighted by Gasteiger charge is 2.37. The van der Waals surface area contributed by atoms with E-state index in [1.54, 1.807) is 0 Å². The lowest BCUT2D eigenvalue weighted by atomic mass is 9.97. The van der Waals surface area contributed by atoms with Gasteiger partial charge in [0.05, 0.1) is 0 Å². The van der Waals surface area contributed by atoms with Crippen molar-refractivity contribution in [2.24, 2.45) is 5.73 Å². The van der Waals surface area contributed by atoms with Crippen molar-refractivity contribution in [3.05, 3.63) is 0 Å². The van der Waals surface area contributed by atoms with Gasteiger partial charge < -0.3 is 16.0 Å². The second kappa shape index (κ2) is 3.09. The molecule has 0 amide bonds. The lowest BCUT2D eigenvalue weighted by Gasteiger charge is -2.26. The normalized spacial score (nSPS) is 39.8. The molecule has 1 aliphatic heterocycles. The molecule has 3 nitrogen and oxygen atoms in total. The van der Waals surface area contributed by atoms with Crippen molar-refractivity contribution < 1.29 is 0 Å². The number of hydrogen-bond donors (Lipinski definition) is 2. The lowest BCUT2D eigenvalue weighted by Crippen LogP contribution is -2.51. The molecule has 1 rings (SSSR count). The van der Waals surface area contributed by atoms with E-state index in [1.807, 2.05) is 7.05 Å². The topological polar surface area (TPSA) is 41.3 Å². The second-order valence-corrected chi connectivity index (χ2v) is 3.70. The third kappa shape index (κ3) is 1.55. The lowest BCUT2D eigenvalue weighted by molar-refractivity contribution is 0.308. The van der Waals surface area contributed by atoms with E-state index in [9.17, 15) is 0 Å². The monoisotopic (exact) mass is 157 g/mol. The summed E-state index contributed by atoms with van der Waals surface area (Å²) in [6.07, 6.45) is 1.16. The van der Waals surface area contributed by atoms with Gasteiger partial charge in [0.2, 0.25) is 0 Å². The molecule has 0 aromatic carbocycles. The van der Waals surface area contributed by atoms with Crippen LogP contribution in [0.3, 0.4) is 0 Å². The fraction of sp³-hybridized carbons (Fsp3) is 1.00. The van der Waals surface area contributed by atoms with Gasteiger partial charge in [0.1, 0.15) is 0 Å². The van der Waals surface area contributed by atoms with E-state index >= 15 is 0 Å². The van der Waals surface area contributed by atoms with Crippen molar-refractivity contribution >= 4 is 0 Å². The molecule has 0 aromatic heterocycles. The second-order valence-electron chi connectivity index (χ2n) is 3.70. The van der Waals surface area contributed by atoms with Crippen LogP contribution in [0.2, 0.25) is 0 Å². The molecule has 1 fully saturated rings. The molecule has 0 spiro atoms. The Labute approximate surface area is 68.9 Å². The molecule has 66 valence electrons. The SMILES string of the molecule is CNC1(CN)CC(C)N(C)C1. The standard InChI is InChI=1S/C8H19N3/c1-7-4-8(5-9,10-2)6-11(7)3/h7,10H,4-6,9H2,1-3H3. The summed E-state index contributed by atoms with van der Waals surface area (Å²) in [6.45, 7) is 4.05. The Morgan fingerprint density at radius 2 is 2.36 bits per heavy atom. The van der Waals surface area contributed by atoms with Crippen molar-refractivity contribution in [2.45, 2.75) is 24.9 Å². The average molecular weight is 157 g/mol. The molecule has 11 heavy (non-hydrogen) atoms. The summed E-state index contributed by atoms with van der Waals surface area (Å²) < 4.78 is 0. The van der Waals surface area contributed by atoms with Crippen LogP contribution in [0.4, 0.5) is 0 Å². The van der Waals surface area contributed by atoms with E-state index in [1.165, 1.54) is 0 Å². The molecule has 0 bridgehead atoms. The molecule has 0 saturated carbocycles. The Hall–Kier alpha value is -0.120. The van der Waals surface area contributed by atoms with Gasteiger partial charge in [-0.15, -0.1) is 0 Å². The van der Waals surface area contributed by atoms with Gasteiger partial charge in [-0.05, 0) is 27.4 Å². The van der Waals surface area contributed by atoms with Gasteiger partial charge in [0, 0.05) is 24.7 Å². The predicted molar refractivity (Wildman–Crippen MR) is 47.6 cm³/mol. The van der Waals surface area contributed by atoms with Crippen LogP contribution >= 0.6 is 0 Å². The van der Waals surface area contributed by atoms with Gasteiger partial charge in [0.25, 0.3) is 0 Å². The summed E-state index contributed by atoms with van der Waals surface area (Å²) in [4.78, 5) is 2.35. The molecule has 1 heterocycles. The number of likely N-dealkylation sites (N-methyl/N-ethyl adjacent to an activating group) is 2. The number of hydrogen-bond acceptors (Lipinski definition) is 3. The average Bonchev–Trinajstić information content (AvgIpc) is 2.29. The molecule has 1 saturated heterocycles. The number of nitrogens with two attached hydrogens (primary N) is 1. The first kappa shape index (κ1) is 8.97. The van der Waals surface area contributed by atoms with Crippen LogP contribution in [-0.4, -0.2) is 43.7 Å². The van der Waals surface area contributed by atoms with E-state index in [0.29, 0.717) is 6.04 Å². The molecule has 3 heteroatoms. The maximum atomic E-state index is 5.71. The zero-order valence-electron chi connectivity index (χ0n) is 7.72. The highest BCUT2D eigenvalue weighted by Crippen LogP contribution is 2.23. The molecular formula is C8H19N3. The highest BCUT2D eigenvalue weighted by atomic mass is 15.2. The van der Waals surface area contributed by atoms with Gasteiger partial charge in [0.15, 0.2) is 0 Å². The van der Waals surface area contributed by atoms with Crippen LogP contribution in [0.15, 0.2) is 0 Å². The number of nitrogens with one attached hydrogen (secondary N) is 1.